The van der Waals surface area contributed by atoms with Crippen molar-refractivity contribution in [3.63, 3.8) is 0 Å². The Bertz CT molecular complexity index is 1460. The van der Waals surface area contributed by atoms with Crippen LogP contribution in [0.4, 0.5) is 5.69 Å². The van der Waals surface area contributed by atoms with E-state index in [1.807, 2.05) is 78.9 Å². The second kappa shape index (κ2) is 10.8. The largest absolute Gasteiger partial charge is 0.497 e. The fourth-order valence-corrected chi connectivity index (χ4v) is 4.47. The smallest absolute Gasteiger partial charge is 0.278 e. The highest BCUT2D eigenvalue weighted by Crippen LogP contribution is 2.29. The predicted octanol–water partition coefficient (Wildman–Crippen LogP) is 5.28. The van der Waals surface area contributed by atoms with Crippen molar-refractivity contribution in [3.8, 4) is 22.6 Å². The van der Waals surface area contributed by atoms with Gasteiger partial charge in [0, 0.05) is 29.4 Å². The average Bonchev–Trinajstić information content (AvgIpc) is 3.37. The lowest BCUT2D eigenvalue weighted by molar-refractivity contribution is 0.102. The lowest BCUT2D eigenvalue weighted by atomic mass is 10.0. The van der Waals surface area contributed by atoms with Crippen LogP contribution in [0.15, 0.2) is 102 Å². The van der Waals surface area contributed by atoms with Crippen molar-refractivity contribution in [2.45, 2.75) is 10.9 Å². The third-order valence-corrected chi connectivity index (χ3v) is 6.32. The Balaban J connectivity index is 1.48. The topological polar surface area (TPSA) is 94.8 Å². The van der Waals surface area contributed by atoms with E-state index in [2.05, 4.69) is 25.6 Å². The van der Waals surface area contributed by atoms with Gasteiger partial charge in [0.15, 0.2) is 10.9 Å². The number of thioether (sulfide) groups is 1. The number of hydrogen-bond donors (Lipinski definition) is 1. The van der Waals surface area contributed by atoms with Gasteiger partial charge >= 0.3 is 0 Å². The molecule has 0 bridgehead atoms. The number of nitrogens with one attached hydrogen (secondary N) is 1. The molecule has 8 nitrogen and oxygen atoms in total. The minimum Gasteiger partial charge on any atom is -0.497 e. The van der Waals surface area contributed by atoms with Gasteiger partial charge in [0.25, 0.3) is 5.91 Å². The van der Waals surface area contributed by atoms with E-state index in [1.165, 1.54) is 11.8 Å². The van der Waals surface area contributed by atoms with Crippen LogP contribution in [-0.2, 0) is 5.75 Å². The summed E-state index contributed by atoms with van der Waals surface area (Å²) < 4.78 is 6.93. The molecule has 0 unspecified atom stereocenters. The number of methoxy groups -OCH3 is 1. The maximum atomic E-state index is 13.5. The molecule has 0 radical (unpaired) electrons. The molecule has 0 aliphatic carbocycles. The molecule has 5 rings (SSSR count). The third kappa shape index (κ3) is 5.11. The van der Waals surface area contributed by atoms with Crippen molar-refractivity contribution in [2.75, 3.05) is 12.4 Å². The summed E-state index contributed by atoms with van der Waals surface area (Å²) in [5, 5.41) is 12.2. The molecule has 36 heavy (non-hydrogen) atoms. The van der Waals surface area contributed by atoms with Crippen LogP contribution >= 0.6 is 11.8 Å². The molecule has 2 aromatic heterocycles. The average molecular weight is 495 g/mol. The van der Waals surface area contributed by atoms with Crippen LogP contribution in [0.3, 0.4) is 0 Å². The highest BCUT2D eigenvalue weighted by atomic mass is 32.2. The Hall–Kier alpha value is -4.50. The molecular formula is C27H22N6O2S. The highest BCUT2D eigenvalue weighted by Gasteiger charge is 2.22. The maximum Gasteiger partial charge on any atom is 0.278 e. The molecule has 0 aliphatic rings. The van der Waals surface area contributed by atoms with Crippen molar-refractivity contribution in [2.24, 2.45) is 0 Å². The van der Waals surface area contributed by atoms with Crippen LogP contribution in [0.1, 0.15) is 16.2 Å². The van der Waals surface area contributed by atoms with E-state index in [-0.39, 0.29) is 11.6 Å². The number of anilines is 1. The van der Waals surface area contributed by atoms with Gasteiger partial charge in [-0.2, -0.15) is 0 Å². The van der Waals surface area contributed by atoms with Gasteiger partial charge in [-0.05, 0) is 42.0 Å². The minimum absolute atomic E-state index is 0.233. The van der Waals surface area contributed by atoms with Crippen molar-refractivity contribution >= 4 is 23.4 Å². The quantitative estimate of drug-likeness (QED) is 0.232. The van der Waals surface area contributed by atoms with E-state index in [9.17, 15) is 4.79 Å². The highest BCUT2D eigenvalue weighted by molar-refractivity contribution is 7.98. The fourth-order valence-electron chi connectivity index (χ4n) is 3.67. The first-order valence-electron chi connectivity index (χ1n) is 11.2. The number of nitrogens with zero attached hydrogens (tertiary/aromatic N) is 5. The van der Waals surface area contributed by atoms with E-state index in [1.54, 1.807) is 30.3 Å². The van der Waals surface area contributed by atoms with Crippen molar-refractivity contribution in [1.82, 2.24) is 25.0 Å². The second-order valence-corrected chi connectivity index (χ2v) is 8.62. The number of amides is 1. The number of rotatable bonds is 8. The van der Waals surface area contributed by atoms with Gasteiger partial charge in [0.05, 0.1) is 18.5 Å². The zero-order chi connectivity index (χ0) is 24.7. The molecule has 9 heteroatoms. The fraction of sp³-hybridized carbons (Fsp3) is 0.0741. The molecular weight excluding hydrogens is 472 g/mol. The van der Waals surface area contributed by atoms with Gasteiger partial charge in [-0.1, -0.05) is 65.5 Å². The first-order valence-corrected chi connectivity index (χ1v) is 12.2. The van der Waals surface area contributed by atoms with Crippen molar-refractivity contribution in [1.29, 1.82) is 0 Å². The number of carbonyl (C=O) groups is 1. The summed E-state index contributed by atoms with van der Waals surface area (Å²) >= 11 is 1.40. The molecule has 0 saturated carbocycles. The molecule has 1 amide bonds. The minimum atomic E-state index is -0.345. The molecule has 0 fully saturated rings. The standard InChI is InChI=1S/C27H22N6O2S/c1-35-21-14-12-20(13-15-21)33-24(18-36-27-28-16-7-17-29-27)25(31-32-33)26(34)30-23-11-6-5-10-22(23)19-8-3-2-4-9-19/h2-17H,18H2,1H3,(H,30,34). The normalized spacial score (nSPS) is 10.7. The Kier molecular flexibility index (Phi) is 7.00. The van der Waals surface area contributed by atoms with Crippen LogP contribution in [0.2, 0.25) is 0 Å². The lowest BCUT2D eigenvalue weighted by Gasteiger charge is -2.12. The van der Waals surface area contributed by atoms with E-state index in [4.69, 9.17) is 4.74 Å². The first-order chi connectivity index (χ1) is 17.7. The Morgan fingerprint density at radius 3 is 2.39 bits per heavy atom. The van der Waals surface area contributed by atoms with Gasteiger partial charge in [-0.15, -0.1) is 5.10 Å². The van der Waals surface area contributed by atoms with Gasteiger partial charge in [-0.3, -0.25) is 4.79 Å². The van der Waals surface area contributed by atoms with Crippen LogP contribution in [-0.4, -0.2) is 38.0 Å². The summed E-state index contributed by atoms with van der Waals surface area (Å²) in [6.45, 7) is 0. The SMILES string of the molecule is COc1ccc(-n2nnc(C(=O)Nc3ccccc3-c3ccccc3)c2CSc2ncccn2)cc1. The van der Waals surface area contributed by atoms with Gasteiger partial charge in [-0.25, -0.2) is 14.6 Å². The van der Waals surface area contributed by atoms with Crippen LogP contribution in [0, 0.1) is 0 Å². The molecule has 2 heterocycles. The monoisotopic (exact) mass is 494 g/mol. The Morgan fingerprint density at radius 2 is 1.64 bits per heavy atom. The van der Waals surface area contributed by atoms with Crippen LogP contribution in [0.5, 0.6) is 5.75 Å². The van der Waals surface area contributed by atoms with Crippen molar-refractivity contribution < 1.29 is 9.53 Å². The van der Waals surface area contributed by atoms with Gasteiger partial charge in [0.2, 0.25) is 0 Å². The molecule has 3 aromatic carbocycles. The summed E-state index contributed by atoms with van der Waals surface area (Å²) in [5.41, 5.74) is 4.24. The predicted molar refractivity (Wildman–Crippen MR) is 139 cm³/mol. The zero-order valence-electron chi connectivity index (χ0n) is 19.4. The van der Waals surface area contributed by atoms with Crippen LogP contribution in [0.25, 0.3) is 16.8 Å². The summed E-state index contributed by atoms with van der Waals surface area (Å²) in [6, 6.07) is 26.8. The molecule has 1 N–H and O–H groups in total. The van der Waals surface area contributed by atoms with Gasteiger partial charge in [0.1, 0.15) is 5.75 Å². The first kappa shape index (κ1) is 23.3. The number of benzene rings is 3. The number of hydrogen-bond acceptors (Lipinski definition) is 7. The number of aromatic nitrogens is 5. The molecule has 5 aromatic rings. The summed E-state index contributed by atoms with van der Waals surface area (Å²) in [7, 11) is 1.61. The Morgan fingerprint density at radius 1 is 0.917 bits per heavy atom. The zero-order valence-corrected chi connectivity index (χ0v) is 20.2. The summed E-state index contributed by atoms with van der Waals surface area (Å²) in [4.78, 5) is 22.0. The molecule has 0 atom stereocenters. The molecule has 0 saturated heterocycles. The van der Waals surface area contributed by atoms with E-state index in [0.29, 0.717) is 22.3 Å². The van der Waals surface area contributed by atoms with Crippen molar-refractivity contribution in [3.05, 3.63) is 109 Å². The molecule has 0 spiro atoms. The van der Waals surface area contributed by atoms with Gasteiger partial charge < -0.3 is 10.1 Å². The summed E-state index contributed by atoms with van der Waals surface area (Å²) in [5.74, 6) is 0.775. The number of ether oxygens (including phenoxy) is 1. The summed E-state index contributed by atoms with van der Waals surface area (Å²) in [6.07, 6.45) is 3.37. The third-order valence-electron chi connectivity index (χ3n) is 5.44. The maximum absolute atomic E-state index is 13.5. The molecule has 0 aliphatic heterocycles. The second-order valence-electron chi connectivity index (χ2n) is 7.68. The molecule has 178 valence electrons. The van der Waals surface area contributed by atoms with Crippen LogP contribution < -0.4 is 10.1 Å². The Labute approximate surface area is 212 Å². The number of para-hydroxylation sites is 1. The lowest BCUT2D eigenvalue weighted by Crippen LogP contribution is -2.16. The van der Waals surface area contributed by atoms with E-state index < -0.39 is 0 Å². The number of carbonyl (C=O) groups excluding carboxylic acids is 1. The van der Waals surface area contributed by atoms with E-state index in [0.717, 1.165) is 22.6 Å². The van der Waals surface area contributed by atoms with E-state index >= 15 is 0 Å².